The molecule has 174 valence electrons. The molecule has 3 saturated carbocycles. The molecule has 3 fully saturated rings. The number of anilines is 1. The van der Waals surface area contributed by atoms with Gasteiger partial charge in [-0.25, -0.2) is 9.18 Å². The van der Waals surface area contributed by atoms with Crippen molar-refractivity contribution in [2.75, 3.05) is 5.32 Å². The Hall–Kier alpha value is -2.47. The van der Waals surface area contributed by atoms with Crippen LogP contribution in [0.25, 0.3) is 0 Å². The smallest absolute Gasteiger partial charge is 0.322 e. The van der Waals surface area contributed by atoms with Gasteiger partial charge in [-0.3, -0.25) is 4.98 Å². The number of nitrogens with one attached hydrogen (secondary N) is 1. The number of hydrogen-bond acceptors (Lipinski definition) is 3. The number of halogens is 1. The molecule has 0 radical (unpaired) electrons. The molecule has 2 amide bonds. The minimum atomic E-state index is -0.367. The summed E-state index contributed by atoms with van der Waals surface area (Å²) >= 11 is 0. The summed E-state index contributed by atoms with van der Waals surface area (Å²) in [7, 11) is 0. The van der Waals surface area contributed by atoms with Gasteiger partial charge in [0.2, 0.25) is 0 Å². The summed E-state index contributed by atoms with van der Waals surface area (Å²) in [6.07, 6.45) is 7.99. The van der Waals surface area contributed by atoms with Gasteiger partial charge >= 0.3 is 6.03 Å². The van der Waals surface area contributed by atoms with E-state index in [1.54, 1.807) is 4.90 Å². The minimum absolute atomic E-state index is 0.0702. The Balaban J connectivity index is 0.000000686. The summed E-state index contributed by atoms with van der Waals surface area (Å²) in [6.45, 7) is 8.79. The first kappa shape index (κ1) is 24.2. The molecule has 1 aliphatic heterocycles. The first-order chi connectivity index (χ1) is 15.4. The van der Waals surface area contributed by atoms with Crippen LogP contribution in [0.15, 0.2) is 36.5 Å². The Morgan fingerprint density at radius 1 is 1.00 bits per heavy atom. The molecule has 5 nitrogen and oxygen atoms in total. The average Bonchev–Trinajstić information content (AvgIpc) is 3.26. The van der Waals surface area contributed by atoms with E-state index in [0.717, 1.165) is 55.5 Å². The fraction of sp³-hybridized carbons (Fsp3) is 0.538. The number of hydrogen-bond donors (Lipinski definition) is 2. The molecule has 6 rings (SSSR count). The van der Waals surface area contributed by atoms with Crippen molar-refractivity contribution in [2.45, 2.75) is 90.3 Å². The summed E-state index contributed by atoms with van der Waals surface area (Å²) in [4.78, 5) is 18.3. The van der Waals surface area contributed by atoms with Gasteiger partial charge in [0.15, 0.2) is 0 Å². The van der Waals surface area contributed by atoms with E-state index in [4.69, 9.17) is 5.73 Å². The third-order valence-corrected chi connectivity index (χ3v) is 7.07. The Morgan fingerprint density at radius 2 is 1.59 bits per heavy atom. The summed E-state index contributed by atoms with van der Waals surface area (Å²) < 4.78 is 13.3. The van der Waals surface area contributed by atoms with E-state index >= 15 is 0 Å². The van der Waals surface area contributed by atoms with Gasteiger partial charge in [0.1, 0.15) is 5.82 Å². The first-order valence-electron chi connectivity index (χ1n) is 12.0. The van der Waals surface area contributed by atoms with Gasteiger partial charge in [-0.05, 0) is 73.3 Å². The molecule has 3 aliphatic carbocycles. The number of pyridine rings is 1. The van der Waals surface area contributed by atoms with Crippen molar-refractivity contribution in [2.24, 2.45) is 5.73 Å². The molecule has 0 spiro atoms. The van der Waals surface area contributed by atoms with Crippen LogP contribution in [0.1, 0.15) is 83.0 Å². The maximum absolute atomic E-state index is 13.3. The van der Waals surface area contributed by atoms with Crippen molar-refractivity contribution in [3.8, 4) is 0 Å². The van der Waals surface area contributed by atoms with E-state index in [9.17, 15) is 9.18 Å². The van der Waals surface area contributed by atoms with Crippen molar-refractivity contribution >= 4 is 11.7 Å². The van der Waals surface area contributed by atoms with Crippen LogP contribution in [0.2, 0.25) is 0 Å². The lowest BCUT2D eigenvalue weighted by molar-refractivity contribution is 0.107. The lowest BCUT2D eigenvalue weighted by Crippen LogP contribution is -2.53. The largest absolute Gasteiger partial charge is 0.325 e. The lowest BCUT2D eigenvalue weighted by Gasteiger charge is -2.52. The van der Waals surface area contributed by atoms with E-state index < -0.39 is 0 Å². The number of amides is 2. The molecule has 6 heteroatoms. The van der Waals surface area contributed by atoms with Gasteiger partial charge in [0, 0.05) is 17.8 Å². The van der Waals surface area contributed by atoms with Gasteiger partial charge < -0.3 is 16.0 Å². The highest BCUT2D eigenvalue weighted by molar-refractivity contribution is 5.89. The first-order valence-corrected chi connectivity index (χ1v) is 12.0. The molecular weight excluding hydrogens is 403 g/mol. The fourth-order valence-electron chi connectivity index (χ4n) is 5.13. The number of benzene rings is 1. The Labute approximate surface area is 191 Å². The maximum atomic E-state index is 13.3. The SMILES string of the molecule is CC.CC.NC12CCC(c3ccc(NC(=O)N4Cc5cc(F)cnc5C4)cc3)(CC1)CC2. The van der Waals surface area contributed by atoms with Crippen molar-refractivity contribution in [3.05, 3.63) is 59.2 Å². The van der Waals surface area contributed by atoms with Crippen molar-refractivity contribution < 1.29 is 9.18 Å². The summed E-state index contributed by atoms with van der Waals surface area (Å²) in [5, 5.41) is 2.96. The van der Waals surface area contributed by atoms with Crippen LogP contribution in [0.4, 0.5) is 14.9 Å². The van der Waals surface area contributed by atoms with Crippen molar-refractivity contribution in [1.82, 2.24) is 9.88 Å². The van der Waals surface area contributed by atoms with Crippen molar-refractivity contribution in [3.63, 3.8) is 0 Å². The summed E-state index contributed by atoms with van der Waals surface area (Å²) in [6, 6.07) is 9.55. The predicted octanol–water partition coefficient (Wildman–Crippen LogP) is 6.12. The van der Waals surface area contributed by atoms with Gasteiger partial charge in [-0.15, -0.1) is 0 Å². The molecule has 32 heavy (non-hydrogen) atoms. The Kier molecular flexibility index (Phi) is 7.55. The monoisotopic (exact) mass is 440 g/mol. The maximum Gasteiger partial charge on any atom is 0.322 e. The van der Waals surface area contributed by atoms with Crippen LogP contribution in [-0.2, 0) is 18.5 Å². The standard InChI is InChI=1S/C22H25FN4O.2C2H6/c23-17-11-15-13-27(14-19(15)25-12-17)20(28)26-18-3-1-16(2-4-18)21-5-8-22(24,9-6-21)10-7-21;2*1-2/h1-4,11-12H,5-10,13-14,24H2,(H,26,28);2*1-2H3. The zero-order valence-corrected chi connectivity index (χ0v) is 19.9. The van der Waals surface area contributed by atoms with E-state index in [0.29, 0.717) is 13.1 Å². The van der Waals surface area contributed by atoms with Crippen LogP contribution in [-0.4, -0.2) is 21.5 Å². The van der Waals surface area contributed by atoms with E-state index in [1.807, 2.05) is 39.8 Å². The zero-order valence-electron chi connectivity index (χ0n) is 19.9. The van der Waals surface area contributed by atoms with E-state index in [2.05, 4.69) is 22.4 Å². The third kappa shape index (κ3) is 4.80. The number of urea groups is 1. The van der Waals surface area contributed by atoms with Gasteiger partial charge in [-0.1, -0.05) is 39.8 Å². The zero-order chi connectivity index (χ0) is 23.4. The lowest BCUT2D eigenvalue weighted by atomic mass is 9.55. The van der Waals surface area contributed by atoms with Crippen LogP contribution in [0.5, 0.6) is 0 Å². The molecular formula is C26H37FN4O. The van der Waals surface area contributed by atoms with Crippen LogP contribution >= 0.6 is 0 Å². The minimum Gasteiger partial charge on any atom is -0.325 e. The molecule has 4 aliphatic rings. The number of fused-ring (bicyclic) bond motifs is 4. The normalized spacial score (nSPS) is 25.1. The number of nitrogens with zero attached hydrogens (tertiary/aromatic N) is 2. The average molecular weight is 441 g/mol. The second kappa shape index (κ2) is 9.99. The molecule has 2 aromatic rings. The molecule has 3 N–H and O–H groups in total. The fourth-order valence-corrected chi connectivity index (χ4v) is 5.13. The highest BCUT2D eigenvalue weighted by atomic mass is 19.1. The molecule has 2 bridgehead atoms. The Bertz CT molecular complexity index is 903. The number of carbonyl (C=O) groups is 1. The van der Waals surface area contributed by atoms with Crippen LogP contribution < -0.4 is 11.1 Å². The molecule has 0 atom stereocenters. The molecule has 0 unspecified atom stereocenters. The summed E-state index contributed by atoms with van der Waals surface area (Å²) in [5.41, 5.74) is 10.4. The van der Waals surface area contributed by atoms with Crippen LogP contribution in [0, 0.1) is 5.82 Å². The predicted molar refractivity (Wildman–Crippen MR) is 128 cm³/mol. The van der Waals surface area contributed by atoms with E-state index in [1.165, 1.54) is 17.8 Å². The number of carbonyl (C=O) groups excluding carboxylic acids is 1. The van der Waals surface area contributed by atoms with E-state index in [-0.39, 0.29) is 22.8 Å². The number of nitrogens with two attached hydrogens (primary N) is 1. The number of aromatic nitrogens is 1. The quantitative estimate of drug-likeness (QED) is 0.590. The molecule has 1 aromatic heterocycles. The second-order valence-electron chi connectivity index (χ2n) is 8.77. The summed E-state index contributed by atoms with van der Waals surface area (Å²) in [5.74, 6) is -0.367. The third-order valence-electron chi connectivity index (χ3n) is 7.07. The molecule has 2 heterocycles. The van der Waals surface area contributed by atoms with Gasteiger partial charge in [0.05, 0.1) is 18.4 Å². The number of rotatable bonds is 2. The van der Waals surface area contributed by atoms with Crippen molar-refractivity contribution in [1.29, 1.82) is 0 Å². The second-order valence-corrected chi connectivity index (χ2v) is 8.77. The molecule has 1 aromatic carbocycles. The Morgan fingerprint density at radius 3 is 2.19 bits per heavy atom. The molecule has 0 saturated heterocycles. The van der Waals surface area contributed by atoms with Gasteiger partial charge in [0.25, 0.3) is 0 Å². The van der Waals surface area contributed by atoms with Gasteiger partial charge in [-0.2, -0.15) is 0 Å². The highest BCUT2D eigenvalue weighted by Gasteiger charge is 2.47. The highest BCUT2D eigenvalue weighted by Crippen LogP contribution is 2.52. The topological polar surface area (TPSA) is 71.2 Å². The van der Waals surface area contributed by atoms with Crippen LogP contribution in [0.3, 0.4) is 0 Å².